The summed E-state index contributed by atoms with van der Waals surface area (Å²) >= 11 is 0. The van der Waals surface area contributed by atoms with Crippen LogP contribution in [0.2, 0.25) is 0 Å². The van der Waals surface area contributed by atoms with E-state index < -0.39 is 5.60 Å². The second-order valence-electron chi connectivity index (χ2n) is 5.06. The van der Waals surface area contributed by atoms with Crippen molar-refractivity contribution in [1.29, 1.82) is 0 Å². The highest BCUT2D eigenvalue weighted by atomic mass is 16.5. The van der Waals surface area contributed by atoms with Crippen molar-refractivity contribution in [3.63, 3.8) is 0 Å². The predicted octanol–water partition coefficient (Wildman–Crippen LogP) is 2.77. The van der Waals surface area contributed by atoms with Crippen molar-refractivity contribution in [2.75, 3.05) is 0 Å². The smallest absolute Gasteiger partial charge is 0.0945 e. The molecule has 1 aliphatic rings. The molecule has 0 amide bonds. The second-order valence-corrected chi connectivity index (χ2v) is 5.06. The van der Waals surface area contributed by atoms with E-state index in [2.05, 4.69) is 19.1 Å². The van der Waals surface area contributed by atoms with Crippen LogP contribution in [-0.2, 0) is 10.3 Å². The summed E-state index contributed by atoms with van der Waals surface area (Å²) in [5, 5.41) is 10.7. The van der Waals surface area contributed by atoms with Crippen LogP contribution < -0.4 is 0 Å². The summed E-state index contributed by atoms with van der Waals surface area (Å²) in [5.41, 5.74) is 1.52. The molecule has 1 fully saturated rings. The van der Waals surface area contributed by atoms with E-state index in [1.807, 2.05) is 26.0 Å². The fourth-order valence-corrected chi connectivity index (χ4v) is 2.63. The molecule has 2 heteroatoms. The lowest BCUT2D eigenvalue weighted by Crippen LogP contribution is -2.41. The van der Waals surface area contributed by atoms with E-state index >= 15 is 0 Å². The number of aryl methyl sites for hydroxylation is 1. The summed E-state index contributed by atoms with van der Waals surface area (Å²) in [6.45, 7) is 6.10. The molecule has 2 unspecified atom stereocenters. The minimum absolute atomic E-state index is 0.120. The predicted molar refractivity (Wildman–Crippen MR) is 64.3 cm³/mol. The van der Waals surface area contributed by atoms with Crippen molar-refractivity contribution in [3.05, 3.63) is 35.4 Å². The molecule has 1 aromatic carbocycles. The average Bonchev–Trinajstić information content (AvgIpc) is 2.16. The van der Waals surface area contributed by atoms with Gasteiger partial charge in [-0.15, -0.1) is 0 Å². The van der Waals surface area contributed by atoms with Crippen molar-refractivity contribution in [3.8, 4) is 0 Å². The van der Waals surface area contributed by atoms with Crippen molar-refractivity contribution >= 4 is 0 Å². The fourth-order valence-electron chi connectivity index (χ4n) is 2.63. The van der Waals surface area contributed by atoms with E-state index in [9.17, 15) is 5.11 Å². The van der Waals surface area contributed by atoms with Gasteiger partial charge in [0.15, 0.2) is 0 Å². The third-order valence-electron chi connectivity index (χ3n) is 3.30. The first kappa shape index (κ1) is 11.6. The van der Waals surface area contributed by atoms with Gasteiger partial charge in [0, 0.05) is 12.8 Å². The van der Waals surface area contributed by atoms with Crippen molar-refractivity contribution < 1.29 is 9.84 Å². The van der Waals surface area contributed by atoms with Gasteiger partial charge in [-0.3, -0.25) is 0 Å². The molecule has 0 aromatic heterocycles. The Bertz CT molecular complexity index is 346. The first-order valence-corrected chi connectivity index (χ1v) is 5.94. The maximum atomic E-state index is 10.7. The minimum atomic E-state index is -0.717. The third kappa shape index (κ3) is 2.28. The molecule has 1 aliphatic heterocycles. The van der Waals surface area contributed by atoms with Crippen LogP contribution in [0.15, 0.2) is 24.3 Å². The molecule has 2 nitrogen and oxygen atoms in total. The summed E-state index contributed by atoms with van der Waals surface area (Å²) in [5.74, 6) is 0. The van der Waals surface area contributed by atoms with Crippen LogP contribution in [0.25, 0.3) is 0 Å². The van der Waals surface area contributed by atoms with Gasteiger partial charge in [-0.05, 0) is 26.3 Å². The quantitative estimate of drug-likeness (QED) is 0.788. The number of aliphatic hydroxyl groups is 1. The Morgan fingerprint density at radius 3 is 2.12 bits per heavy atom. The largest absolute Gasteiger partial charge is 0.385 e. The molecule has 0 spiro atoms. The molecule has 0 radical (unpaired) electrons. The maximum absolute atomic E-state index is 10.7. The standard InChI is InChI=1S/C14H20O2/c1-10-4-6-13(7-5-10)14(15)8-11(2)16-12(3)9-14/h4-7,11-12,15H,8-9H2,1-3H3. The Morgan fingerprint density at radius 2 is 1.62 bits per heavy atom. The molecule has 1 N–H and O–H groups in total. The highest BCUT2D eigenvalue weighted by Gasteiger charge is 2.37. The Balaban J connectivity index is 2.26. The Hall–Kier alpha value is -0.860. The Labute approximate surface area is 97.3 Å². The van der Waals surface area contributed by atoms with Gasteiger partial charge in [0.1, 0.15) is 0 Å². The van der Waals surface area contributed by atoms with Crippen LogP contribution in [0, 0.1) is 6.92 Å². The van der Waals surface area contributed by atoms with Gasteiger partial charge >= 0.3 is 0 Å². The van der Waals surface area contributed by atoms with Crippen molar-refractivity contribution in [1.82, 2.24) is 0 Å². The zero-order valence-electron chi connectivity index (χ0n) is 10.2. The molecule has 88 valence electrons. The van der Waals surface area contributed by atoms with E-state index in [-0.39, 0.29) is 12.2 Å². The summed E-state index contributed by atoms with van der Waals surface area (Å²) in [6, 6.07) is 8.16. The van der Waals surface area contributed by atoms with Crippen LogP contribution in [-0.4, -0.2) is 17.3 Å². The zero-order valence-corrected chi connectivity index (χ0v) is 10.2. The van der Waals surface area contributed by atoms with Crippen LogP contribution in [0.1, 0.15) is 37.8 Å². The van der Waals surface area contributed by atoms with E-state index in [0.29, 0.717) is 12.8 Å². The minimum Gasteiger partial charge on any atom is -0.385 e. The first-order valence-electron chi connectivity index (χ1n) is 5.94. The van der Waals surface area contributed by atoms with E-state index in [4.69, 9.17) is 4.74 Å². The van der Waals surface area contributed by atoms with E-state index in [0.717, 1.165) is 5.56 Å². The molecule has 16 heavy (non-hydrogen) atoms. The lowest BCUT2D eigenvalue weighted by Gasteiger charge is -2.39. The van der Waals surface area contributed by atoms with Gasteiger partial charge < -0.3 is 9.84 Å². The number of hydrogen-bond acceptors (Lipinski definition) is 2. The van der Waals surface area contributed by atoms with Gasteiger partial charge in [0.2, 0.25) is 0 Å². The van der Waals surface area contributed by atoms with Crippen LogP contribution >= 0.6 is 0 Å². The van der Waals surface area contributed by atoms with Gasteiger partial charge in [-0.2, -0.15) is 0 Å². The fraction of sp³-hybridized carbons (Fsp3) is 0.571. The number of rotatable bonds is 1. The summed E-state index contributed by atoms with van der Waals surface area (Å²) < 4.78 is 5.67. The molecular weight excluding hydrogens is 200 g/mol. The monoisotopic (exact) mass is 220 g/mol. The van der Waals surface area contributed by atoms with E-state index in [1.165, 1.54) is 5.56 Å². The highest BCUT2D eigenvalue weighted by Crippen LogP contribution is 2.37. The van der Waals surface area contributed by atoms with Gasteiger partial charge in [-0.1, -0.05) is 29.8 Å². The van der Waals surface area contributed by atoms with Crippen molar-refractivity contribution in [2.45, 2.75) is 51.4 Å². The topological polar surface area (TPSA) is 29.5 Å². The lowest BCUT2D eigenvalue weighted by molar-refractivity contribution is -0.135. The first-order chi connectivity index (χ1) is 7.49. The van der Waals surface area contributed by atoms with Gasteiger partial charge in [0.25, 0.3) is 0 Å². The number of hydrogen-bond donors (Lipinski definition) is 1. The molecule has 2 atom stereocenters. The van der Waals surface area contributed by atoms with Crippen molar-refractivity contribution in [2.24, 2.45) is 0 Å². The van der Waals surface area contributed by atoms with E-state index in [1.54, 1.807) is 0 Å². The molecule has 1 saturated heterocycles. The molecule has 0 saturated carbocycles. The summed E-state index contributed by atoms with van der Waals surface area (Å²) in [6.07, 6.45) is 1.60. The molecule has 0 aliphatic carbocycles. The number of ether oxygens (including phenoxy) is 1. The molecule has 2 rings (SSSR count). The van der Waals surface area contributed by atoms with Gasteiger partial charge in [0.05, 0.1) is 17.8 Å². The Morgan fingerprint density at radius 1 is 1.12 bits per heavy atom. The molecule has 1 aromatic rings. The summed E-state index contributed by atoms with van der Waals surface area (Å²) in [4.78, 5) is 0. The SMILES string of the molecule is Cc1ccc(C2(O)CC(C)OC(C)C2)cc1. The van der Waals surface area contributed by atoms with Crippen LogP contribution in [0.5, 0.6) is 0 Å². The average molecular weight is 220 g/mol. The van der Waals surface area contributed by atoms with Crippen LogP contribution in [0.3, 0.4) is 0 Å². The van der Waals surface area contributed by atoms with Gasteiger partial charge in [-0.25, -0.2) is 0 Å². The third-order valence-corrected chi connectivity index (χ3v) is 3.30. The molecular formula is C14H20O2. The highest BCUT2D eigenvalue weighted by molar-refractivity contribution is 5.27. The zero-order chi connectivity index (χ0) is 11.8. The second kappa shape index (κ2) is 4.19. The molecule has 0 bridgehead atoms. The summed E-state index contributed by atoms with van der Waals surface area (Å²) in [7, 11) is 0. The maximum Gasteiger partial charge on any atom is 0.0945 e. The molecule has 1 heterocycles. The van der Waals surface area contributed by atoms with Crippen LogP contribution in [0.4, 0.5) is 0 Å². The number of benzene rings is 1. The lowest BCUT2D eigenvalue weighted by atomic mass is 9.81. The Kier molecular flexibility index (Phi) is 3.04. The normalized spacial score (nSPS) is 35.0.